The summed E-state index contributed by atoms with van der Waals surface area (Å²) in [4.78, 5) is 24.9. The molecule has 3 rings (SSSR count). The number of hydrogen-bond acceptors (Lipinski definition) is 8. The summed E-state index contributed by atoms with van der Waals surface area (Å²) in [5, 5.41) is 26.5. The van der Waals surface area contributed by atoms with Crippen molar-refractivity contribution in [2.75, 3.05) is 5.43 Å². The van der Waals surface area contributed by atoms with Gasteiger partial charge in [0.15, 0.2) is 0 Å². The van der Waals surface area contributed by atoms with Gasteiger partial charge in [0.05, 0.1) is 25.7 Å². The Morgan fingerprint density at radius 3 is 1.96 bits per heavy atom. The zero-order valence-electron chi connectivity index (χ0n) is 14.3. The first-order valence-corrected chi connectivity index (χ1v) is 9.38. The second-order valence-electron chi connectivity index (χ2n) is 5.61. The van der Waals surface area contributed by atoms with E-state index in [4.69, 9.17) is 0 Å². The Bertz CT molecular complexity index is 1010. The molecule has 0 unspecified atom stereocenters. The number of hydrazone groups is 1. The molecule has 1 N–H and O–H groups in total. The molecular weight excluding hydrogens is 388 g/mol. The summed E-state index contributed by atoms with van der Waals surface area (Å²) in [6.07, 6.45) is 0. The highest BCUT2D eigenvalue weighted by molar-refractivity contribution is 7.17. The van der Waals surface area contributed by atoms with Crippen molar-refractivity contribution in [2.45, 2.75) is 13.8 Å². The molecule has 2 heterocycles. The minimum atomic E-state index is -0.672. The van der Waals surface area contributed by atoms with E-state index in [0.29, 0.717) is 5.71 Å². The van der Waals surface area contributed by atoms with Gasteiger partial charge in [-0.3, -0.25) is 25.7 Å². The minimum absolute atomic E-state index is 0.0876. The van der Waals surface area contributed by atoms with Crippen LogP contribution in [0.5, 0.6) is 0 Å². The zero-order chi connectivity index (χ0) is 19.6. The molecule has 1 aromatic carbocycles. The monoisotopic (exact) mass is 402 g/mol. The van der Waals surface area contributed by atoms with Crippen LogP contribution < -0.4 is 5.43 Å². The van der Waals surface area contributed by atoms with Gasteiger partial charge in [0, 0.05) is 15.8 Å². The minimum Gasteiger partial charge on any atom is -0.271 e. The molecule has 0 amide bonds. The molecule has 0 fully saturated rings. The topological polar surface area (TPSA) is 111 Å². The number of anilines is 1. The highest BCUT2D eigenvalue weighted by Gasteiger charge is 2.20. The average Bonchev–Trinajstić information content (AvgIpc) is 3.24. The van der Waals surface area contributed by atoms with Crippen molar-refractivity contribution in [1.29, 1.82) is 0 Å². The Morgan fingerprint density at radius 1 is 0.926 bits per heavy atom. The molecule has 0 bridgehead atoms. The van der Waals surface area contributed by atoms with Crippen LogP contribution in [0.2, 0.25) is 0 Å². The van der Waals surface area contributed by atoms with Crippen molar-refractivity contribution in [1.82, 2.24) is 0 Å². The lowest BCUT2D eigenvalue weighted by molar-refractivity contribution is -0.393. The van der Waals surface area contributed by atoms with Crippen molar-refractivity contribution < 1.29 is 9.85 Å². The molecule has 10 heteroatoms. The van der Waals surface area contributed by atoms with Gasteiger partial charge in [-0.1, -0.05) is 0 Å². The predicted molar refractivity (Wildman–Crippen MR) is 107 cm³/mol. The molecule has 27 heavy (non-hydrogen) atoms. The quantitative estimate of drug-likeness (QED) is 0.350. The van der Waals surface area contributed by atoms with E-state index < -0.39 is 15.5 Å². The first-order valence-electron chi connectivity index (χ1n) is 7.75. The van der Waals surface area contributed by atoms with Crippen LogP contribution in [0.15, 0.2) is 47.6 Å². The van der Waals surface area contributed by atoms with E-state index in [9.17, 15) is 20.2 Å². The zero-order valence-corrected chi connectivity index (χ0v) is 16.0. The molecule has 0 atom stereocenters. The number of non-ortho nitro benzene ring substituents is 1. The van der Waals surface area contributed by atoms with Gasteiger partial charge in [-0.25, -0.2) is 0 Å². The molecule has 8 nitrogen and oxygen atoms in total. The highest BCUT2D eigenvalue weighted by atomic mass is 32.1. The highest BCUT2D eigenvalue weighted by Crippen LogP contribution is 2.30. The number of benzene rings is 1. The van der Waals surface area contributed by atoms with Crippen LogP contribution in [0.3, 0.4) is 0 Å². The summed E-state index contributed by atoms with van der Waals surface area (Å²) in [6, 6.07) is 11.3. The number of rotatable bonds is 6. The van der Waals surface area contributed by atoms with E-state index in [1.807, 2.05) is 38.1 Å². The van der Waals surface area contributed by atoms with Gasteiger partial charge in [-0.2, -0.15) is 5.10 Å². The van der Waals surface area contributed by atoms with E-state index in [2.05, 4.69) is 10.5 Å². The second kappa shape index (κ2) is 7.64. The Morgan fingerprint density at radius 2 is 1.52 bits per heavy atom. The van der Waals surface area contributed by atoms with E-state index in [-0.39, 0.29) is 11.4 Å². The average molecular weight is 402 g/mol. The van der Waals surface area contributed by atoms with E-state index in [1.54, 1.807) is 22.7 Å². The van der Waals surface area contributed by atoms with Gasteiger partial charge in [-0.05, 0) is 44.2 Å². The third kappa shape index (κ3) is 4.18. The summed E-state index contributed by atoms with van der Waals surface area (Å²) in [5.74, 6) is 0. The fourth-order valence-electron chi connectivity index (χ4n) is 2.35. The molecule has 0 radical (unpaired) electrons. The molecule has 3 aromatic rings. The van der Waals surface area contributed by atoms with Crippen molar-refractivity contribution in [3.63, 3.8) is 0 Å². The smallest absolute Gasteiger partial charge is 0.271 e. The maximum Gasteiger partial charge on any atom is 0.301 e. The number of nitro groups is 2. The van der Waals surface area contributed by atoms with Crippen LogP contribution >= 0.6 is 22.7 Å². The van der Waals surface area contributed by atoms with Crippen molar-refractivity contribution in [3.05, 3.63) is 82.2 Å². The van der Waals surface area contributed by atoms with Gasteiger partial charge in [0.2, 0.25) is 0 Å². The molecule has 0 saturated heterocycles. The summed E-state index contributed by atoms with van der Waals surface area (Å²) < 4.78 is 0. The van der Waals surface area contributed by atoms with Crippen molar-refractivity contribution in [3.8, 4) is 0 Å². The Balaban J connectivity index is 2.02. The number of nitrogens with zero attached hydrogens (tertiary/aromatic N) is 3. The van der Waals surface area contributed by atoms with E-state index >= 15 is 0 Å². The lowest BCUT2D eigenvalue weighted by Crippen LogP contribution is -2.04. The van der Waals surface area contributed by atoms with Gasteiger partial charge in [-0.15, -0.1) is 22.7 Å². The van der Waals surface area contributed by atoms with Crippen LogP contribution in [-0.4, -0.2) is 15.6 Å². The number of nitrogens with one attached hydrogen (secondary N) is 1. The van der Waals surface area contributed by atoms with Crippen molar-refractivity contribution in [2.24, 2.45) is 5.10 Å². The van der Waals surface area contributed by atoms with Gasteiger partial charge >= 0.3 is 5.69 Å². The van der Waals surface area contributed by atoms with Crippen LogP contribution in [0.25, 0.3) is 0 Å². The molecule has 0 aliphatic carbocycles. The maximum atomic E-state index is 11.3. The van der Waals surface area contributed by atoms with Crippen LogP contribution in [0, 0.1) is 34.1 Å². The van der Waals surface area contributed by atoms with Crippen LogP contribution in [0.1, 0.15) is 19.5 Å². The summed E-state index contributed by atoms with van der Waals surface area (Å²) in [7, 11) is 0. The van der Waals surface area contributed by atoms with Crippen molar-refractivity contribution >= 4 is 45.4 Å². The summed E-state index contributed by atoms with van der Waals surface area (Å²) in [6.45, 7) is 3.97. The molecule has 0 saturated carbocycles. The molecule has 2 aromatic heterocycles. The normalized spacial score (nSPS) is 10.4. The third-order valence-electron chi connectivity index (χ3n) is 3.62. The number of aryl methyl sites for hydroxylation is 2. The van der Waals surface area contributed by atoms with E-state index in [1.165, 1.54) is 12.1 Å². The predicted octanol–water partition coefficient (Wildman–Crippen LogP) is 5.11. The number of nitro benzene ring substituents is 2. The fourth-order valence-corrected chi connectivity index (χ4v) is 4.16. The van der Waals surface area contributed by atoms with Gasteiger partial charge < -0.3 is 0 Å². The molecule has 138 valence electrons. The first kappa shape index (κ1) is 18.7. The molecule has 0 aliphatic heterocycles. The lowest BCUT2D eigenvalue weighted by Gasteiger charge is -2.05. The third-order valence-corrected chi connectivity index (χ3v) is 5.64. The Kier molecular flexibility index (Phi) is 5.28. The summed E-state index contributed by atoms with van der Waals surface area (Å²) >= 11 is 3.13. The molecule has 0 spiro atoms. The lowest BCUT2D eigenvalue weighted by atomic mass is 10.2. The van der Waals surface area contributed by atoms with E-state index in [0.717, 1.165) is 25.6 Å². The largest absolute Gasteiger partial charge is 0.301 e. The maximum absolute atomic E-state index is 11.3. The Labute approximate surface area is 162 Å². The van der Waals surface area contributed by atoms with Gasteiger partial charge in [0.1, 0.15) is 11.4 Å². The van der Waals surface area contributed by atoms with Gasteiger partial charge in [0.25, 0.3) is 5.69 Å². The Hall–Kier alpha value is -3.11. The molecular formula is C17H14N4O4S2. The van der Waals surface area contributed by atoms with Crippen LogP contribution in [-0.2, 0) is 0 Å². The standard InChI is InChI=1S/C17H14N4O4S2/c1-10-3-7-15(26-10)17(16-8-4-11(2)27-16)19-18-13-6-5-12(20(22)23)9-14(13)21(24)25/h3-9,18H,1-2H3. The SMILES string of the molecule is Cc1ccc(C(=NNc2ccc([N+](=O)[O-])cc2[N+](=O)[O-])c2ccc(C)s2)s1. The summed E-state index contributed by atoms with van der Waals surface area (Å²) in [5.41, 5.74) is 2.71. The number of hydrogen-bond donors (Lipinski definition) is 1. The first-order chi connectivity index (χ1) is 12.8. The fraction of sp³-hybridized carbons (Fsp3) is 0.118. The molecule has 0 aliphatic rings. The second-order valence-corrected chi connectivity index (χ2v) is 8.18. The van der Waals surface area contributed by atoms with Crippen LogP contribution in [0.4, 0.5) is 17.1 Å². The number of thiophene rings is 2.